The van der Waals surface area contributed by atoms with Crippen LogP contribution in [0.4, 0.5) is 4.39 Å². The number of halogens is 1. The minimum Gasteiger partial charge on any atom is -0.327 e. The Balaban J connectivity index is 2.68. The minimum absolute atomic E-state index is 0.176. The van der Waals surface area contributed by atoms with Gasteiger partial charge in [0, 0.05) is 17.7 Å². The van der Waals surface area contributed by atoms with Crippen molar-refractivity contribution in [1.29, 1.82) is 0 Å². The van der Waals surface area contributed by atoms with Crippen molar-refractivity contribution in [2.45, 2.75) is 36.1 Å². The van der Waals surface area contributed by atoms with Crippen LogP contribution in [0.1, 0.15) is 25.3 Å². The van der Waals surface area contributed by atoms with Crippen LogP contribution in [0, 0.1) is 5.82 Å². The lowest BCUT2D eigenvalue weighted by molar-refractivity contribution is 0.519. The molecule has 0 aliphatic heterocycles. The molecule has 3 nitrogen and oxygen atoms in total. The average Bonchev–Trinajstić information content (AvgIpc) is 2.95. The van der Waals surface area contributed by atoms with E-state index in [0.29, 0.717) is 5.56 Å². The molecule has 1 aliphatic rings. The van der Waals surface area contributed by atoms with E-state index < -0.39 is 15.7 Å². The summed E-state index contributed by atoms with van der Waals surface area (Å²) >= 11 is 0. The summed E-state index contributed by atoms with van der Waals surface area (Å²) in [6.45, 7) is 1.84. The number of sulfone groups is 1. The molecule has 0 aromatic heterocycles. The first kappa shape index (κ1) is 12.5. The molecule has 1 aromatic rings. The minimum atomic E-state index is -3.57. The summed E-state index contributed by atoms with van der Waals surface area (Å²) in [4.78, 5) is -0.185. The Morgan fingerprint density at radius 2 is 2.00 bits per heavy atom. The molecule has 1 aromatic carbocycles. The standard InChI is InChI=1S/C12H16FNO2S/c1-8(14)12(6-7-12)9-4-3-5-10(13)11(9)17(2,15)16/h3-5,8H,6-7,14H2,1-2H3. The third-order valence-electron chi connectivity index (χ3n) is 3.53. The highest BCUT2D eigenvalue weighted by atomic mass is 32.2. The van der Waals surface area contributed by atoms with Crippen LogP contribution >= 0.6 is 0 Å². The van der Waals surface area contributed by atoms with Gasteiger partial charge in [-0.3, -0.25) is 0 Å². The van der Waals surface area contributed by atoms with Crippen molar-refractivity contribution >= 4 is 9.84 Å². The summed E-state index contributed by atoms with van der Waals surface area (Å²) in [6.07, 6.45) is 2.67. The van der Waals surface area contributed by atoms with Crippen molar-refractivity contribution in [2.24, 2.45) is 5.73 Å². The fourth-order valence-corrected chi connectivity index (χ4v) is 3.48. The van der Waals surface area contributed by atoms with E-state index in [1.807, 2.05) is 6.92 Å². The van der Waals surface area contributed by atoms with Crippen LogP contribution < -0.4 is 5.73 Å². The molecule has 1 aliphatic carbocycles. The fourth-order valence-electron chi connectivity index (χ4n) is 2.38. The Morgan fingerprint density at radius 1 is 1.41 bits per heavy atom. The number of nitrogens with two attached hydrogens (primary N) is 1. The molecule has 0 spiro atoms. The molecule has 0 heterocycles. The van der Waals surface area contributed by atoms with Crippen LogP contribution in [0.15, 0.2) is 23.1 Å². The van der Waals surface area contributed by atoms with Crippen molar-refractivity contribution in [3.63, 3.8) is 0 Å². The first-order chi connectivity index (χ1) is 7.79. The molecule has 5 heteroatoms. The van der Waals surface area contributed by atoms with Gasteiger partial charge in [-0.15, -0.1) is 0 Å². The van der Waals surface area contributed by atoms with E-state index in [9.17, 15) is 12.8 Å². The quantitative estimate of drug-likeness (QED) is 0.895. The SMILES string of the molecule is CC(N)C1(c2cccc(F)c2S(C)(=O)=O)CC1. The van der Waals surface area contributed by atoms with Crippen LogP contribution in [0.5, 0.6) is 0 Å². The molecular formula is C12H16FNO2S. The zero-order valence-corrected chi connectivity index (χ0v) is 10.7. The Morgan fingerprint density at radius 3 is 2.41 bits per heavy atom. The molecule has 0 amide bonds. The maximum Gasteiger partial charge on any atom is 0.178 e. The van der Waals surface area contributed by atoms with Crippen LogP contribution in [0.3, 0.4) is 0 Å². The lowest BCUT2D eigenvalue weighted by Crippen LogP contribution is -2.33. The van der Waals surface area contributed by atoms with E-state index in [1.54, 1.807) is 12.1 Å². The average molecular weight is 257 g/mol. The maximum atomic E-state index is 13.7. The summed E-state index contributed by atoms with van der Waals surface area (Å²) in [5, 5.41) is 0. The molecule has 2 N–H and O–H groups in total. The molecule has 1 fully saturated rings. The first-order valence-electron chi connectivity index (χ1n) is 5.54. The maximum absolute atomic E-state index is 13.7. The number of benzene rings is 1. The Labute approximate surface area is 101 Å². The van der Waals surface area contributed by atoms with Gasteiger partial charge in [-0.1, -0.05) is 12.1 Å². The second-order valence-corrected chi connectivity index (χ2v) is 6.79. The van der Waals surface area contributed by atoms with E-state index in [4.69, 9.17) is 5.73 Å². The van der Waals surface area contributed by atoms with Crippen LogP contribution in [-0.2, 0) is 15.3 Å². The highest BCUT2D eigenvalue weighted by Gasteiger charge is 2.50. The topological polar surface area (TPSA) is 60.2 Å². The fraction of sp³-hybridized carbons (Fsp3) is 0.500. The molecule has 1 unspecified atom stereocenters. The highest BCUT2D eigenvalue weighted by molar-refractivity contribution is 7.90. The zero-order chi connectivity index (χ0) is 12.8. The van der Waals surface area contributed by atoms with Gasteiger partial charge >= 0.3 is 0 Å². The van der Waals surface area contributed by atoms with Gasteiger partial charge in [-0.05, 0) is 31.4 Å². The molecule has 94 valence electrons. The van der Waals surface area contributed by atoms with E-state index in [0.717, 1.165) is 19.1 Å². The van der Waals surface area contributed by atoms with Gasteiger partial charge in [-0.2, -0.15) is 0 Å². The van der Waals surface area contributed by atoms with Crippen molar-refractivity contribution in [3.8, 4) is 0 Å². The molecule has 0 saturated heterocycles. The molecule has 0 radical (unpaired) electrons. The summed E-state index contributed by atoms with van der Waals surface area (Å²) < 4.78 is 37.1. The van der Waals surface area contributed by atoms with E-state index in [2.05, 4.69) is 0 Å². The first-order valence-corrected chi connectivity index (χ1v) is 7.43. The normalized spacial score (nSPS) is 20.0. The summed E-state index contributed by atoms with van der Waals surface area (Å²) in [6, 6.07) is 4.22. The Hall–Kier alpha value is -0.940. The molecule has 1 atom stereocenters. The third kappa shape index (κ3) is 1.98. The summed E-state index contributed by atoms with van der Waals surface area (Å²) in [7, 11) is -3.57. The van der Waals surface area contributed by atoms with E-state index in [-0.39, 0.29) is 16.4 Å². The molecule has 2 rings (SSSR count). The van der Waals surface area contributed by atoms with Crippen LogP contribution in [-0.4, -0.2) is 20.7 Å². The second kappa shape index (κ2) is 3.78. The third-order valence-corrected chi connectivity index (χ3v) is 4.69. The number of hydrogen-bond donors (Lipinski definition) is 1. The van der Waals surface area contributed by atoms with Crippen molar-refractivity contribution < 1.29 is 12.8 Å². The predicted molar refractivity (Wildman–Crippen MR) is 64.1 cm³/mol. The summed E-state index contributed by atoms with van der Waals surface area (Å²) in [5.74, 6) is -0.683. The van der Waals surface area contributed by atoms with Gasteiger partial charge in [0.2, 0.25) is 0 Å². The zero-order valence-electron chi connectivity index (χ0n) is 9.90. The van der Waals surface area contributed by atoms with Gasteiger partial charge in [-0.25, -0.2) is 12.8 Å². The number of rotatable bonds is 3. The monoisotopic (exact) mass is 257 g/mol. The Bertz CT molecular complexity index is 548. The lowest BCUT2D eigenvalue weighted by Gasteiger charge is -2.22. The second-order valence-electron chi connectivity index (χ2n) is 4.83. The van der Waals surface area contributed by atoms with Gasteiger partial charge in [0.1, 0.15) is 10.7 Å². The molecule has 17 heavy (non-hydrogen) atoms. The predicted octanol–water partition coefficient (Wildman–Crippen LogP) is 1.61. The molecular weight excluding hydrogens is 241 g/mol. The molecule has 0 bridgehead atoms. The number of hydrogen-bond acceptors (Lipinski definition) is 3. The van der Waals surface area contributed by atoms with Gasteiger partial charge in [0.05, 0.1) is 0 Å². The van der Waals surface area contributed by atoms with E-state index >= 15 is 0 Å². The van der Waals surface area contributed by atoms with Crippen LogP contribution in [0.25, 0.3) is 0 Å². The van der Waals surface area contributed by atoms with E-state index in [1.165, 1.54) is 6.07 Å². The smallest absolute Gasteiger partial charge is 0.178 e. The molecule has 1 saturated carbocycles. The van der Waals surface area contributed by atoms with Crippen molar-refractivity contribution in [3.05, 3.63) is 29.6 Å². The lowest BCUT2D eigenvalue weighted by atomic mass is 9.89. The largest absolute Gasteiger partial charge is 0.327 e. The van der Waals surface area contributed by atoms with Gasteiger partial charge in [0.15, 0.2) is 9.84 Å². The van der Waals surface area contributed by atoms with Gasteiger partial charge in [0.25, 0.3) is 0 Å². The van der Waals surface area contributed by atoms with Gasteiger partial charge < -0.3 is 5.73 Å². The Kier molecular flexibility index (Phi) is 2.78. The highest BCUT2D eigenvalue weighted by Crippen LogP contribution is 2.52. The van der Waals surface area contributed by atoms with Crippen molar-refractivity contribution in [2.75, 3.05) is 6.26 Å². The van der Waals surface area contributed by atoms with Crippen LogP contribution in [0.2, 0.25) is 0 Å². The van der Waals surface area contributed by atoms with Crippen molar-refractivity contribution in [1.82, 2.24) is 0 Å². The summed E-state index contributed by atoms with van der Waals surface area (Å²) in [5.41, 5.74) is 6.09.